The van der Waals surface area contributed by atoms with Crippen molar-refractivity contribution in [1.82, 2.24) is 0 Å². The SMILES string of the molecule is CC1C(C)C2CC1C1OC(O)(C(F)(F)F)C(F)(F)C21O. The first-order valence-corrected chi connectivity index (χ1v) is 6.46. The lowest BCUT2D eigenvalue weighted by Crippen LogP contribution is -2.66. The van der Waals surface area contributed by atoms with Crippen molar-refractivity contribution >= 4 is 0 Å². The summed E-state index contributed by atoms with van der Waals surface area (Å²) in [5, 5.41) is 19.7. The van der Waals surface area contributed by atoms with Gasteiger partial charge in [-0.3, -0.25) is 0 Å². The Balaban J connectivity index is 2.12. The molecule has 2 bridgehead atoms. The monoisotopic (exact) mass is 302 g/mol. The molecule has 116 valence electrons. The number of ether oxygens (including phenoxy) is 1. The van der Waals surface area contributed by atoms with Crippen molar-refractivity contribution in [2.45, 2.75) is 49.9 Å². The van der Waals surface area contributed by atoms with Gasteiger partial charge in [0.2, 0.25) is 0 Å². The van der Waals surface area contributed by atoms with Gasteiger partial charge in [0, 0.05) is 0 Å². The molecule has 7 atom stereocenters. The van der Waals surface area contributed by atoms with Crippen molar-refractivity contribution in [3.8, 4) is 0 Å². The van der Waals surface area contributed by atoms with Gasteiger partial charge < -0.3 is 14.9 Å². The Kier molecular flexibility index (Phi) is 2.51. The van der Waals surface area contributed by atoms with Crippen LogP contribution in [0.3, 0.4) is 0 Å². The maximum absolute atomic E-state index is 14.2. The lowest BCUT2D eigenvalue weighted by Gasteiger charge is -2.42. The maximum atomic E-state index is 14.2. The molecule has 0 aromatic rings. The Bertz CT molecular complexity index is 453. The molecule has 0 radical (unpaired) electrons. The highest BCUT2D eigenvalue weighted by molar-refractivity contribution is 5.25. The van der Waals surface area contributed by atoms with E-state index in [9.17, 15) is 32.2 Å². The van der Waals surface area contributed by atoms with Crippen molar-refractivity contribution in [3.63, 3.8) is 0 Å². The van der Waals surface area contributed by atoms with Gasteiger partial charge in [0.25, 0.3) is 0 Å². The van der Waals surface area contributed by atoms with E-state index >= 15 is 0 Å². The number of aliphatic hydroxyl groups is 2. The number of rotatable bonds is 0. The van der Waals surface area contributed by atoms with E-state index in [4.69, 9.17) is 0 Å². The Hall–Kier alpha value is -0.470. The topological polar surface area (TPSA) is 49.7 Å². The minimum absolute atomic E-state index is 0.142. The molecule has 2 N–H and O–H groups in total. The second-order valence-corrected chi connectivity index (χ2v) is 6.30. The van der Waals surface area contributed by atoms with Crippen molar-refractivity contribution in [1.29, 1.82) is 0 Å². The van der Waals surface area contributed by atoms with Crippen LogP contribution in [0.4, 0.5) is 22.0 Å². The van der Waals surface area contributed by atoms with Gasteiger partial charge in [-0.2, -0.15) is 22.0 Å². The standard InChI is InChI=1S/C12H15F5O3/c1-4-5(2)7-3-6(4)8-9(7,18)10(13,14)11(19,20-8)12(15,16)17/h4-8,18-19H,3H2,1-2H3. The van der Waals surface area contributed by atoms with Gasteiger partial charge in [-0.25, -0.2) is 0 Å². The van der Waals surface area contributed by atoms with E-state index in [1.54, 1.807) is 13.8 Å². The van der Waals surface area contributed by atoms with Crippen LogP contribution >= 0.6 is 0 Å². The summed E-state index contributed by atoms with van der Waals surface area (Å²) < 4.78 is 71.3. The van der Waals surface area contributed by atoms with E-state index in [0.29, 0.717) is 0 Å². The molecule has 3 nitrogen and oxygen atoms in total. The van der Waals surface area contributed by atoms with Gasteiger partial charge in [0.05, 0.1) is 6.10 Å². The molecule has 1 heterocycles. The molecule has 3 rings (SSSR count). The van der Waals surface area contributed by atoms with Gasteiger partial charge in [-0.05, 0) is 30.1 Å². The van der Waals surface area contributed by atoms with Crippen LogP contribution in [0.15, 0.2) is 0 Å². The Morgan fingerprint density at radius 2 is 1.65 bits per heavy atom. The zero-order valence-corrected chi connectivity index (χ0v) is 10.8. The first kappa shape index (κ1) is 14.5. The third-order valence-corrected chi connectivity index (χ3v) is 5.66. The van der Waals surface area contributed by atoms with Crippen LogP contribution in [0.25, 0.3) is 0 Å². The summed E-state index contributed by atoms with van der Waals surface area (Å²) in [6, 6.07) is 0. The molecule has 0 aromatic carbocycles. The fourth-order valence-corrected chi connectivity index (χ4v) is 4.36. The quantitative estimate of drug-likeness (QED) is 0.672. The minimum atomic E-state index is -5.68. The normalized spacial score (nSPS) is 57.1. The summed E-state index contributed by atoms with van der Waals surface area (Å²) in [6.07, 6.45) is -7.18. The summed E-state index contributed by atoms with van der Waals surface area (Å²) in [6.45, 7) is 3.37. The summed E-state index contributed by atoms with van der Waals surface area (Å²) in [4.78, 5) is 0. The van der Waals surface area contributed by atoms with E-state index in [1.807, 2.05) is 0 Å². The first-order valence-electron chi connectivity index (χ1n) is 6.46. The molecule has 1 aliphatic heterocycles. The number of hydrogen-bond donors (Lipinski definition) is 2. The largest absolute Gasteiger partial charge is 0.449 e. The van der Waals surface area contributed by atoms with Gasteiger partial charge >= 0.3 is 17.9 Å². The van der Waals surface area contributed by atoms with Crippen LogP contribution in [0.2, 0.25) is 0 Å². The van der Waals surface area contributed by atoms with Crippen LogP contribution in [0, 0.1) is 23.7 Å². The van der Waals surface area contributed by atoms with Crippen LogP contribution in [-0.4, -0.2) is 39.8 Å². The minimum Gasteiger partial charge on any atom is -0.380 e. The van der Waals surface area contributed by atoms with E-state index in [-0.39, 0.29) is 18.3 Å². The van der Waals surface area contributed by atoms with E-state index in [2.05, 4.69) is 4.74 Å². The molecule has 1 saturated heterocycles. The van der Waals surface area contributed by atoms with Gasteiger partial charge in [0.15, 0.2) is 5.60 Å². The van der Waals surface area contributed by atoms with Crippen molar-refractivity contribution < 1.29 is 36.9 Å². The van der Waals surface area contributed by atoms with E-state index in [0.717, 1.165) is 0 Å². The second kappa shape index (κ2) is 3.47. The summed E-state index contributed by atoms with van der Waals surface area (Å²) in [7, 11) is 0. The molecular formula is C12H15F5O3. The zero-order valence-electron chi connectivity index (χ0n) is 10.8. The van der Waals surface area contributed by atoms with Gasteiger partial charge in [-0.15, -0.1) is 0 Å². The van der Waals surface area contributed by atoms with E-state index in [1.165, 1.54) is 0 Å². The summed E-state index contributed by atoms with van der Waals surface area (Å²) in [5.41, 5.74) is -2.96. The summed E-state index contributed by atoms with van der Waals surface area (Å²) >= 11 is 0. The lowest BCUT2D eigenvalue weighted by molar-refractivity contribution is -0.415. The highest BCUT2D eigenvalue weighted by atomic mass is 19.4. The van der Waals surface area contributed by atoms with Crippen LogP contribution in [-0.2, 0) is 4.74 Å². The first-order chi connectivity index (χ1) is 8.89. The molecule has 0 spiro atoms. The molecule has 3 fully saturated rings. The molecule has 2 aliphatic carbocycles. The highest BCUT2D eigenvalue weighted by Crippen LogP contribution is 2.69. The molecule has 0 aromatic heterocycles. The van der Waals surface area contributed by atoms with Gasteiger partial charge in [-0.1, -0.05) is 13.8 Å². The zero-order chi connectivity index (χ0) is 15.3. The number of halogens is 5. The fourth-order valence-electron chi connectivity index (χ4n) is 4.36. The van der Waals surface area contributed by atoms with Crippen molar-refractivity contribution in [2.24, 2.45) is 23.7 Å². The predicted molar refractivity (Wildman–Crippen MR) is 55.7 cm³/mol. The molecule has 20 heavy (non-hydrogen) atoms. The third-order valence-electron chi connectivity index (χ3n) is 5.66. The summed E-state index contributed by atoms with van der Waals surface area (Å²) in [5.74, 6) is -11.5. The number of alkyl halides is 5. The van der Waals surface area contributed by atoms with Crippen LogP contribution in [0.5, 0.6) is 0 Å². The highest BCUT2D eigenvalue weighted by Gasteiger charge is 2.90. The average Bonchev–Trinajstić information content (AvgIpc) is 2.80. The third kappa shape index (κ3) is 1.19. The molecule has 0 amide bonds. The van der Waals surface area contributed by atoms with E-state index < -0.39 is 41.4 Å². The Labute approximate surface area is 111 Å². The Morgan fingerprint density at radius 3 is 2.15 bits per heavy atom. The fraction of sp³-hybridized carbons (Fsp3) is 1.00. The lowest BCUT2D eigenvalue weighted by atomic mass is 9.69. The molecular weight excluding hydrogens is 287 g/mol. The van der Waals surface area contributed by atoms with Crippen LogP contribution in [0.1, 0.15) is 20.3 Å². The molecule has 2 saturated carbocycles. The molecule has 7 unspecified atom stereocenters. The van der Waals surface area contributed by atoms with Gasteiger partial charge in [0.1, 0.15) is 0 Å². The van der Waals surface area contributed by atoms with Crippen LogP contribution < -0.4 is 0 Å². The predicted octanol–water partition coefficient (Wildman–Crippen LogP) is 1.92. The van der Waals surface area contributed by atoms with Crippen molar-refractivity contribution in [2.75, 3.05) is 0 Å². The number of hydrogen-bond acceptors (Lipinski definition) is 3. The molecule has 3 aliphatic rings. The average molecular weight is 302 g/mol. The second-order valence-electron chi connectivity index (χ2n) is 6.30. The smallest absolute Gasteiger partial charge is 0.380 e. The van der Waals surface area contributed by atoms with Crippen molar-refractivity contribution in [3.05, 3.63) is 0 Å². The number of fused-ring (bicyclic) bond motifs is 5. The maximum Gasteiger partial charge on any atom is 0.449 e. The Morgan fingerprint density at radius 1 is 1.10 bits per heavy atom. The molecule has 8 heteroatoms.